The predicted molar refractivity (Wildman–Crippen MR) is 120 cm³/mol. The van der Waals surface area contributed by atoms with E-state index in [1.165, 1.54) is 42.3 Å². The lowest BCUT2D eigenvalue weighted by molar-refractivity contribution is -0.274. The van der Waals surface area contributed by atoms with Crippen LogP contribution in [0.3, 0.4) is 0 Å². The van der Waals surface area contributed by atoms with Gasteiger partial charge < -0.3 is 4.74 Å². The van der Waals surface area contributed by atoms with Crippen LogP contribution in [0.2, 0.25) is 0 Å². The van der Waals surface area contributed by atoms with Crippen LogP contribution in [0.15, 0.2) is 70.1 Å². The Morgan fingerprint density at radius 3 is 2.56 bits per heavy atom. The Morgan fingerprint density at radius 2 is 1.84 bits per heavy atom. The fourth-order valence-electron chi connectivity index (χ4n) is 3.78. The van der Waals surface area contributed by atoms with E-state index in [4.69, 9.17) is 4.98 Å². The molecule has 32 heavy (non-hydrogen) atoms. The van der Waals surface area contributed by atoms with Gasteiger partial charge in [-0.15, -0.1) is 13.2 Å². The number of halogens is 3. The summed E-state index contributed by atoms with van der Waals surface area (Å²) in [5, 5.41) is 1.20. The van der Waals surface area contributed by atoms with Crippen LogP contribution in [0, 0.1) is 0 Å². The highest BCUT2D eigenvalue weighted by Crippen LogP contribution is 2.27. The van der Waals surface area contributed by atoms with Gasteiger partial charge in [-0.3, -0.25) is 9.36 Å². The van der Waals surface area contributed by atoms with Crippen LogP contribution in [-0.4, -0.2) is 15.9 Å². The number of rotatable bonds is 7. The molecule has 8 heteroatoms. The molecule has 0 atom stereocenters. The smallest absolute Gasteiger partial charge is 0.406 e. The van der Waals surface area contributed by atoms with Crippen LogP contribution < -0.4 is 10.3 Å². The minimum Gasteiger partial charge on any atom is -0.406 e. The third-order valence-electron chi connectivity index (χ3n) is 5.39. The van der Waals surface area contributed by atoms with E-state index in [0.717, 1.165) is 24.8 Å². The summed E-state index contributed by atoms with van der Waals surface area (Å²) in [6.45, 7) is 0.559. The Hall–Kier alpha value is -2.74. The summed E-state index contributed by atoms with van der Waals surface area (Å²) in [7, 11) is 0. The number of nitrogens with zero attached hydrogens (tertiary/aromatic N) is 2. The zero-order chi connectivity index (χ0) is 22.6. The van der Waals surface area contributed by atoms with E-state index in [1.54, 1.807) is 22.8 Å². The van der Waals surface area contributed by atoms with Gasteiger partial charge >= 0.3 is 6.36 Å². The lowest BCUT2D eigenvalue weighted by atomic mass is 9.97. The quantitative estimate of drug-likeness (QED) is 0.230. The zero-order valence-electron chi connectivity index (χ0n) is 17.4. The van der Waals surface area contributed by atoms with Crippen molar-refractivity contribution in [1.29, 1.82) is 0 Å². The van der Waals surface area contributed by atoms with Gasteiger partial charge in [-0.1, -0.05) is 47.7 Å². The second kappa shape index (κ2) is 9.81. The largest absolute Gasteiger partial charge is 0.573 e. The van der Waals surface area contributed by atoms with Gasteiger partial charge in [0.1, 0.15) is 5.75 Å². The monoisotopic (exact) mass is 460 g/mol. The number of para-hydroxylation sites is 1. The van der Waals surface area contributed by atoms with Crippen molar-refractivity contribution in [2.24, 2.45) is 0 Å². The number of aromatic nitrogens is 2. The second-order valence-electron chi connectivity index (χ2n) is 7.71. The number of fused-ring (bicyclic) bond motifs is 1. The van der Waals surface area contributed by atoms with E-state index < -0.39 is 6.36 Å². The van der Waals surface area contributed by atoms with E-state index in [-0.39, 0.29) is 11.3 Å². The highest BCUT2D eigenvalue weighted by Gasteiger charge is 2.30. The molecule has 0 aliphatic heterocycles. The molecule has 1 aliphatic rings. The molecule has 4 nitrogen and oxygen atoms in total. The van der Waals surface area contributed by atoms with E-state index in [0.29, 0.717) is 28.4 Å². The van der Waals surface area contributed by atoms with Crippen molar-refractivity contribution in [3.05, 3.63) is 76.1 Å². The maximum atomic E-state index is 13.2. The Bertz CT molecular complexity index is 1170. The van der Waals surface area contributed by atoms with Crippen LogP contribution in [0.1, 0.15) is 37.7 Å². The molecule has 1 heterocycles. The average molecular weight is 461 g/mol. The molecule has 0 saturated carbocycles. The van der Waals surface area contributed by atoms with Crippen molar-refractivity contribution in [3.8, 4) is 5.75 Å². The summed E-state index contributed by atoms with van der Waals surface area (Å²) in [5.41, 5.74) is 2.77. The molecule has 0 saturated heterocycles. The molecule has 168 valence electrons. The van der Waals surface area contributed by atoms with Crippen molar-refractivity contribution >= 4 is 22.7 Å². The van der Waals surface area contributed by atoms with Crippen LogP contribution in [-0.2, 0) is 12.3 Å². The van der Waals surface area contributed by atoms with Gasteiger partial charge in [-0.2, -0.15) is 0 Å². The van der Waals surface area contributed by atoms with Gasteiger partial charge in [0.05, 0.1) is 10.9 Å². The van der Waals surface area contributed by atoms with Crippen molar-refractivity contribution in [3.63, 3.8) is 0 Å². The molecular weight excluding hydrogens is 437 g/mol. The van der Waals surface area contributed by atoms with Crippen LogP contribution >= 0.6 is 11.8 Å². The Balaban J connectivity index is 1.55. The Morgan fingerprint density at radius 1 is 1.06 bits per heavy atom. The molecule has 0 bridgehead atoms. The average Bonchev–Trinajstić information content (AvgIpc) is 2.78. The SMILES string of the molecule is O=c1c2ccccc2nc(SCc2ccc(OC(F)(F)F)cc2)n1CCC1=CCCCC1. The van der Waals surface area contributed by atoms with Gasteiger partial charge in [0, 0.05) is 12.3 Å². The van der Waals surface area contributed by atoms with Gasteiger partial charge in [0.15, 0.2) is 5.16 Å². The highest BCUT2D eigenvalue weighted by atomic mass is 32.2. The number of hydrogen-bond acceptors (Lipinski definition) is 4. The van der Waals surface area contributed by atoms with Crippen molar-refractivity contribution in [2.75, 3.05) is 0 Å². The van der Waals surface area contributed by atoms with Crippen molar-refractivity contribution in [2.45, 2.75) is 55.9 Å². The number of alkyl halides is 3. The number of allylic oxidation sites excluding steroid dienone is 2. The van der Waals surface area contributed by atoms with Gasteiger partial charge in [0.25, 0.3) is 5.56 Å². The number of hydrogen-bond donors (Lipinski definition) is 0. The molecule has 0 fully saturated rings. The van der Waals surface area contributed by atoms with Gasteiger partial charge in [-0.25, -0.2) is 4.98 Å². The fraction of sp³-hybridized carbons (Fsp3) is 0.333. The summed E-state index contributed by atoms with van der Waals surface area (Å²) in [4.78, 5) is 17.9. The number of ether oxygens (including phenoxy) is 1. The van der Waals surface area contributed by atoms with Crippen LogP contribution in [0.5, 0.6) is 5.75 Å². The van der Waals surface area contributed by atoms with Gasteiger partial charge in [0.2, 0.25) is 0 Å². The maximum absolute atomic E-state index is 13.2. The first-order valence-electron chi connectivity index (χ1n) is 10.5. The molecule has 0 amide bonds. The zero-order valence-corrected chi connectivity index (χ0v) is 18.2. The molecule has 0 unspecified atom stereocenters. The lowest BCUT2D eigenvalue weighted by Crippen LogP contribution is -2.24. The standard InChI is InChI=1S/C24H23F3N2O2S/c25-24(26,27)31-19-12-10-18(11-13-19)16-32-23-28-21-9-5-4-8-20(21)22(30)29(23)15-14-17-6-2-1-3-7-17/h4-6,8-13H,1-3,7,14-16H2. The minimum absolute atomic E-state index is 0.0663. The summed E-state index contributed by atoms with van der Waals surface area (Å²) in [6.07, 6.45) is 2.95. The van der Waals surface area contributed by atoms with E-state index >= 15 is 0 Å². The van der Waals surface area contributed by atoms with E-state index in [2.05, 4.69) is 10.8 Å². The first-order valence-corrected chi connectivity index (χ1v) is 11.5. The molecule has 1 aliphatic carbocycles. The summed E-state index contributed by atoms with van der Waals surface area (Å²) in [6, 6.07) is 13.0. The van der Waals surface area contributed by atoms with Crippen molar-refractivity contribution < 1.29 is 17.9 Å². The van der Waals surface area contributed by atoms with Gasteiger partial charge in [-0.05, 0) is 61.9 Å². The summed E-state index contributed by atoms with van der Waals surface area (Å²) < 4.78 is 42.7. The first kappa shape index (κ1) is 22.5. The maximum Gasteiger partial charge on any atom is 0.573 e. The van der Waals surface area contributed by atoms with E-state index in [1.807, 2.05) is 18.2 Å². The summed E-state index contributed by atoms with van der Waals surface area (Å²) >= 11 is 1.40. The Kier molecular flexibility index (Phi) is 6.89. The molecule has 0 spiro atoms. The normalized spacial score (nSPS) is 14.4. The molecule has 0 radical (unpaired) electrons. The lowest BCUT2D eigenvalue weighted by Gasteiger charge is -2.16. The topological polar surface area (TPSA) is 44.1 Å². The minimum atomic E-state index is -4.71. The molecular formula is C24H23F3N2O2S. The molecule has 3 aromatic rings. The number of thioether (sulfide) groups is 1. The number of benzene rings is 2. The van der Waals surface area contributed by atoms with Crippen LogP contribution in [0.4, 0.5) is 13.2 Å². The molecule has 4 rings (SSSR count). The second-order valence-corrected chi connectivity index (χ2v) is 8.65. The third kappa shape index (κ3) is 5.73. The molecule has 1 aromatic heterocycles. The van der Waals surface area contributed by atoms with E-state index in [9.17, 15) is 18.0 Å². The Labute approximate surface area is 188 Å². The summed E-state index contributed by atoms with van der Waals surface area (Å²) in [5.74, 6) is 0.215. The third-order valence-corrected chi connectivity index (χ3v) is 6.44. The van der Waals surface area contributed by atoms with Crippen LogP contribution in [0.25, 0.3) is 10.9 Å². The molecule has 2 aromatic carbocycles. The highest BCUT2D eigenvalue weighted by molar-refractivity contribution is 7.98. The van der Waals surface area contributed by atoms with Crippen molar-refractivity contribution in [1.82, 2.24) is 9.55 Å². The fourth-order valence-corrected chi connectivity index (χ4v) is 4.76. The first-order chi connectivity index (χ1) is 15.4. The molecule has 0 N–H and O–H groups in total. The predicted octanol–water partition coefficient (Wildman–Crippen LogP) is 6.48.